The summed E-state index contributed by atoms with van der Waals surface area (Å²) in [6, 6.07) is 0. The second kappa shape index (κ2) is 6.69. The molecule has 0 spiro atoms. The van der Waals surface area contributed by atoms with Crippen molar-refractivity contribution in [2.24, 2.45) is 11.8 Å². The van der Waals surface area contributed by atoms with E-state index in [0.717, 1.165) is 25.7 Å². The van der Waals surface area contributed by atoms with Crippen LogP contribution in [0.25, 0.3) is 0 Å². The third-order valence-corrected chi connectivity index (χ3v) is 4.12. The lowest BCUT2D eigenvalue weighted by Crippen LogP contribution is -2.34. The Kier molecular flexibility index (Phi) is 4.93. The fraction of sp³-hybridized carbons (Fsp3) is 0.714. The lowest BCUT2D eigenvalue weighted by atomic mass is 9.81. The van der Waals surface area contributed by atoms with Crippen LogP contribution in [0.15, 0.2) is 0 Å². The molecule has 2 aliphatic rings. The van der Waals surface area contributed by atoms with Crippen molar-refractivity contribution in [2.45, 2.75) is 32.1 Å². The largest absolute Gasteiger partial charge is 0.456 e. The van der Waals surface area contributed by atoms with Crippen LogP contribution in [-0.2, 0) is 23.9 Å². The van der Waals surface area contributed by atoms with Gasteiger partial charge in [-0.1, -0.05) is 12.8 Å². The summed E-state index contributed by atoms with van der Waals surface area (Å²) >= 11 is 0. The summed E-state index contributed by atoms with van der Waals surface area (Å²) in [7, 11) is 1.44. The van der Waals surface area contributed by atoms with E-state index in [1.54, 1.807) is 0 Å². The van der Waals surface area contributed by atoms with Crippen LogP contribution in [0, 0.1) is 11.8 Å². The van der Waals surface area contributed by atoms with Crippen LogP contribution >= 0.6 is 0 Å². The smallest absolute Gasteiger partial charge is 0.308 e. The number of carbonyl (C=O) groups is 4. The van der Waals surface area contributed by atoms with Crippen molar-refractivity contribution >= 4 is 23.7 Å². The molecule has 116 valence electrons. The fourth-order valence-corrected chi connectivity index (χ4v) is 2.94. The molecule has 21 heavy (non-hydrogen) atoms. The van der Waals surface area contributed by atoms with Gasteiger partial charge in [0, 0.05) is 13.6 Å². The molecule has 2 fully saturated rings. The number of carbonyl (C=O) groups excluding carboxylic acids is 4. The summed E-state index contributed by atoms with van der Waals surface area (Å²) in [5.74, 6) is -1.72. The highest BCUT2D eigenvalue weighted by Crippen LogP contribution is 2.37. The van der Waals surface area contributed by atoms with Crippen molar-refractivity contribution in [3.8, 4) is 0 Å². The van der Waals surface area contributed by atoms with Gasteiger partial charge in [0.1, 0.15) is 0 Å². The molecule has 2 rings (SSSR count). The van der Waals surface area contributed by atoms with Crippen LogP contribution in [0.4, 0.5) is 0 Å². The Bertz CT molecular complexity index is 438. The number of hydrogen-bond acceptors (Lipinski definition) is 5. The monoisotopic (exact) mass is 296 g/mol. The first-order valence-electron chi connectivity index (χ1n) is 7.26. The van der Waals surface area contributed by atoms with Gasteiger partial charge in [-0.2, -0.15) is 0 Å². The molecule has 1 aliphatic carbocycles. The third kappa shape index (κ3) is 3.40. The number of likely N-dealkylation sites (N-methyl/N-ethyl adjacent to an activating group) is 1. The SMILES string of the molecule is CNC(=O)COC(=O)CCN1C(=O)[C@H]2CCCC[C@H]2C1=O. The lowest BCUT2D eigenvalue weighted by molar-refractivity contribution is -0.149. The van der Waals surface area contributed by atoms with Gasteiger partial charge < -0.3 is 10.1 Å². The van der Waals surface area contributed by atoms with Crippen molar-refractivity contribution in [3.63, 3.8) is 0 Å². The second-order valence-electron chi connectivity index (χ2n) is 5.41. The first-order chi connectivity index (χ1) is 10.0. The van der Waals surface area contributed by atoms with Gasteiger partial charge in [0.2, 0.25) is 11.8 Å². The molecule has 1 heterocycles. The van der Waals surface area contributed by atoms with Crippen LogP contribution in [0.1, 0.15) is 32.1 Å². The van der Waals surface area contributed by atoms with E-state index in [1.165, 1.54) is 11.9 Å². The van der Waals surface area contributed by atoms with Crippen molar-refractivity contribution < 1.29 is 23.9 Å². The molecule has 1 N–H and O–H groups in total. The number of nitrogens with one attached hydrogen (secondary N) is 1. The minimum Gasteiger partial charge on any atom is -0.456 e. The molecule has 0 aromatic carbocycles. The van der Waals surface area contributed by atoms with Gasteiger partial charge >= 0.3 is 5.97 Å². The Labute approximate surface area is 123 Å². The summed E-state index contributed by atoms with van der Waals surface area (Å²) in [4.78, 5) is 48.0. The van der Waals surface area contributed by atoms with Gasteiger partial charge in [-0.3, -0.25) is 24.1 Å². The van der Waals surface area contributed by atoms with E-state index in [2.05, 4.69) is 5.32 Å². The molecule has 3 amide bonds. The zero-order valence-corrected chi connectivity index (χ0v) is 12.1. The fourth-order valence-electron chi connectivity index (χ4n) is 2.94. The van der Waals surface area contributed by atoms with Gasteiger partial charge in [0.15, 0.2) is 6.61 Å². The molecule has 7 nitrogen and oxygen atoms in total. The van der Waals surface area contributed by atoms with E-state index in [-0.39, 0.29) is 43.2 Å². The molecular formula is C14H20N2O5. The molecule has 0 aromatic rings. The number of rotatable bonds is 5. The number of ether oxygens (including phenoxy) is 1. The van der Waals surface area contributed by atoms with Gasteiger partial charge in [-0.15, -0.1) is 0 Å². The van der Waals surface area contributed by atoms with E-state index in [1.807, 2.05) is 0 Å². The number of imide groups is 1. The van der Waals surface area contributed by atoms with Gasteiger partial charge in [0.25, 0.3) is 5.91 Å². The Morgan fingerprint density at radius 2 is 1.76 bits per heavy atom. The van der Waals surface area contributed by atoms with Gasteiger partial charge in [-0.25, -0.2) is 0 Å². The summed E-state index contributed by atoms with van der Waals surface area (Å²) in [6.45, 7) is -0.306. The minimum atomic E-state index is -0.589. The van der Waals surface area contributed by atoms with Crippen molar-refractivity contribution in [1.82, 2.24) is 10.2 Å². The summed E-state index contributed by atoms with van der Waals surface area (Å²) < 4.78 is 4.74. The molecule has 7 heteroatoms. The molecule has 1 saturated heterocycles. The topological polar surface area (TPSA) is 92.8 Å². The molecule has 2 atom stereocenters. The Hall–Kier alpha value is -1.92. The molecule has 0 unspecified atom stereocenters. The maximum absolute atomic E-state index is 12.2. The highest BCUT2D eigenvalue weighted by atomic mass is 16.5. The normalized spacial score (nSPS) is 24.7. The van der Waals surface area contributed by atoms with E-state index in [0.29, 0.717) is 0 Å². The Morgan fingerprint density at radius 3 is 2.29 bits per heavy atom. The standard InChI is InChI=1S/C14H20N2O5/c1-15-11(17)8-21-12(18)6-7-16-13(19)9-4-2-3-5-10(9)14(16)20/h9-10H,2-8H2,1H3,(H,15,17)/t9-,10+. The number of fused-ring (bicyclic) bond motifs is 1. The number of esters is 1. The molecule has 0 aromatic heterocycles. The first kappa shape index (κ1) is 15.5. The van der Waals surface area contributed by atoms with Crippen LogP contribution in [0.3, 0.4) is 0 Å². The lowest BCUT2D eigenvalue weighted by Gasteiger charge is -2.19. The zero-order chi connectivity index (χ0) is 15.4. The number of nitrogens with zero attached hydrogens (tertiary/aromatic N) is 1. The van der Waals surface area contributed by atoms with Crippen LogP contribution in [0.2, 0.25) is 0 Å². The number of hydrogen-bond donors (Lipinski definition) is 1. The van der Waals surface area contributed by atoms with Crippen LogP contribution < -0.4 is 5.32 Å². The van der Waals surface area contributed by atoms with Crippen molar-refractivity contribution in [2.75, 3.05) is 20.2 Å². The molecule has 0 bridgehead atoms. The van der Waals surface area contributed by atoms with Crippen LogP contribution in [-0.4, -0.2) is 48.8 Å². The zero-order valence-electron chi connectivity index (χ0n) is 12.1. The van der Waals surface area contributed by atoms with E-state index in [4.69, 9.17) is 4.74 Å². The molecule has 0 radical (unpaired) electrons. The average molecular weight is 296 g/mol. The highest BCUT2D eigenvalue weighted by Gasteiger charge is 2.47. The quantitative estimate of drug-likeness (QED) is 0.562. The first-order valence-corrected chi connectivity index (χ1v) is 7.26. The minimum absolute atomic E-state index is 0.0389. The molecular weight excluding hydrogens is 276 g/mol. The Morgan fingerprint density at radius 1 is 1.19 bits per heavy atom. The summed E-state index contributed by atoms with van der Waals surface area (Å²) in [5.41, 5.74) is 0. The number of amides is 3. The van der Waals surface area contributed by atoms with Gasteiger partial charge in [0.05, 0.1) is 18.3 Å². The summed E-state index contributed by atoms with van der Waals surface area (Å²) in [6.07, 6.45) is 3.39. The maximum atomic E-state index is 12.2. The molecule has 1 aliphatic heterocycles. The van der Waals surface area contributed by atoms with Crippen molar-refractivity contribution in [1.29, 1.82) is 0 Å². The summed E-state index contributed by atoms with van der Waals surface area (Å²) in [5, 5.41) is 2.33. The maximum Gasteiger partial charge on any atom is 0.308 e. The van der Waals surface area contributed by atoms with E-state index < -0.39 is 11.9 Å². The third-order valence-electron chi connectivity index (χ3n) is 4.12. The predicted octanol–water partition coefficient (Wildman–Crippen LogP) is -0.159. The van der Waals surface area contributed by atoms with E-state index in [9.17, 15) is 19.2 Å². The highest BCUT2D eigenvalue weighted by molar-refractivity contribution is 6.05. The van der Waals surface area contributed by atoms with Gasteiger partial charge in [-0.05, 0) is 12.8 Å². The Balaban J connectivity index is 1.83. The second-order valence-corrected chi connectivity index (χ2v) is 5.41. The predicted molar refractivity (Wildman–Crippen MR) is 71.8 cm³/mol. The van der Waals surface area contributed by atoms with E-state index >= 15 is 0 Å². The van der Waals surface area contributed by atoms with Crippen molar-refractivity contribution in [3.05, 3.63) is 0 Å². The molecule has 1 saturated carbocycles. The number of likely N-dealkylation sites (tertiary alicyclic amines) is 1. The average Bonchev–Trinajstić information content (AvgIpc) is 2.75. The van der Waals surface area contributed by atoms with Crippen LogP contribution in [0.5, 0.6) is 0 Å².